The van der Waals surface area contributed by atoms with Crippen molar-refractivity contribution in [2.45, 2.75) is 13.0 Å². The van der Waals surface area contributed by atoms with Gasteiger partial charge in [-0.15, -0.1) is 0 Å². The average Bonchev–Trinajstić information content (AvgIpc) is 2.17. The zero-order chi connectivity index (χ0) is 10.7. The quantitative estimate of drug-likeness (QED) is 0.414. The molecule has 14 heavy (non-hydrogen) atoms. The molecule has 0 amide bonds. The Labute approximate surface area is 81.1 Å². The van der Waals surface area contributed by atoms with Crippen molar-refractivity contribution in [1.29, 1.82) is 0 Å². The molecule has 0 fully saturated rings. The van der Waals surface area contributed by atoms with Crippen molar-refractivity contribution < 1.29 is 15.0 Å². The maximum atomic E-state index is 10.5. The van der Waals surface area contributed by atoms with Gasteiger partial charge in [-0.25, -0.2) is 4.79 Å². The van der Waals surface area contributed by atoms with E-state index in [4.69, 9.17) is 10.9 Å². The van der Waals surface area contributed by atoms with E-state index in [1.807, 2.05) is 6.92 Å². The molecule has 0 aliphatic rings. The first-order valence-electron chi connectivity index (χ1n) is 4.04. The Bertz CT molecular complexity index is 352. The van der Waals surface area contributed by atoms with Crippen LogP contribution in [0.15, 0.2) is 18.2 Å². The maximum absolute atomic E-state index is 10.5. The van der Waals surface area contributed by atoms with E-state index >= 15 is 0 Å². The molecule has 0 heterocycles. The third-order valence-corrected chi connectivity index (χ3v) is 1.97. The van der Waals surface area contributed by atoms with Crippen molar-refractivity contribution in [3.05, 3.63) is 29.3 Å². The molecule has 0 saturated carbocycles. The second-order valence-electron chi connectivity index (χ2n) is 2.96. The number of carboxylic acids is 1. The lowest BCUT2D eigenvalue weighted by Crippen LogP contribution is -2.13. The van der Waals surface area contributed by atoms with E-state index in [1.165, 1.54) is 6.07 Å². The molecule has 0 spiro atoms. The maximum Gasteiger partial charge on any atom is 0.337 e. The topological polar surface area (TPSA) is 95.6 Å². The Morgan fingerprint density at radius 2 is 2.21 bits per heavy atom. The van der Waals surface area contributed by atoms with E-state index in [-0.39, 0.29) is 0 Å². The number of aryl methyl sites for hydroxylation is 1. The van der Waals surface area contributed by atoms with Gasteiger partial charge < -0.3 is 15.6 Å². The van der Waals surface area contributed by atoms with Crippen molar-refractivity contribution in [1.82, 2.24) is 0 Å². The summed E-state index contributed by atoms with van der Waals surface area (Å²) in [6.45, 7) is 1.83. The van der Waals surface area contributed by atoms with E-state index in [0.717, 1.165) is 5.56 Å². The summed E-state index contributed by atoms with van der Waals surface area (Å²) in [5.74, 6) is 3.94. The zero-order valence-corrected chi connectivity index (χ0v) is 7.69. The molecule has 1 unspecified atom stereocenters. The molecule has 5 heteroatoms. The van der Waals surface area contributed by atoms with Crippen LogP contribution < -0.4 is 11.3 Å². The molecule has 0 saturated heterocycles. The van der Waals surface area contributed by atoms with Crippen molar-refractivity contribution in [3.8, 4) is 0 Å². The van der Waals surface area contributed by atoms with Crippen molar-refractivity contribution in [3.63, 3.8) is 0 Å². The van der Waals surface area contributed by atoms with Crippen LogP contribution >= 0.6 is 0 Å². The van der Waals surface area contributed by atoms with Gasteiger partial charge in [-0.2, -0.15) is 0 Å². The molecule has 0 aromatic heterocycles. The molecule has 0 aliphatic heterocycles. The zero-order valence-electron chi connectivity index (χ0n) is 7.69. The molecule has 5 N–H and O–H groups in total. The minimum absolute atomic E-state index is 0.302. The minimum atomic E-state index is -1.51. The van der Waals surface area contributed by atoms with E-state index in [0.29, 0.717) is 11.3 Å². The molecule has 1 aromatic carbocycles. The molecule has 1 rings (SSSR count). The van der Waals surface area contributed by atoms with Crippen molar-refractivity contribution in [2.24, 2.45) is 5.84 Å². The molecule has 76 valence electrons. The Morgan fingerprint density at radius 1 is 1.57 bits per heavy atom. The predicted molar refractivity (Wildman–Crippen MR) is 51.6 cm³/mol. The Morgan fingerprint density at radius 3 is 2.71 bits per heavy atom. The summed E-state index contributed by atoms with van der Waals surface area (Å²) < 4.78 is 0. The van der Waals surface area contributed by atoms with Gasteiger partial charge in [-0.3, -0.25) is 5.84 Å². The van der Waals surface area contributed by atoms with Crippen LogP contribution in [0.4, 0.5) is 5.69 Å². The lowest BCUT2D eigenvalue weighted by Gasteiger charge is -2.10. The number of benzene rings is 1. The normalized spacial score (nSPS) is 12.2. The molecular weight excluding hydrogens is 184 g/mol. The third-order valence-electron chi connectivity index (χ3n) is 1.97. The smallest absolute Gasteiger partial charge is 0.337 e. The minimum Gasteiger partial charge on any atom is -0.479 e. The molecule has 1 atom stereocenters. The number of nitrogen functional groups attached to an aromatic ring is 1. The number of aliphatic hydroxyl groups is 1. The van der Waals surface area contributed by atoms with Crippen LogP contribution in [0.3, 0.4) is 0 Å². The number of carbonyl (C=O) groups is 1. The highest BCUT2D eigenvalue weighted by Crippen LogP contribution is 2.20. The summed E-state index contributed by atoms with van der Waals surface area (Å²) in [6.07, 6.45) is -1.51. The van der Waals surface area contributed by atoms with Gasteiger partial charge in [0.2, 0.25) is 0 Å². The lowest BCUT2D eigenvalue weighted by atomic mass is 10.1. The number of rotatable bonds is 3. The second kappa shape index (κ2) is 4.08. The average molecular weight is 196 g/mol. The van der Waals surface area contributed by atoms with Crippen LogP contribution in [0.2, 0.25) is 0 Å². The number of aliphatic hydroxyl groups excluding tert-OH is 1. The van der Waals surface area contributed by atoms with E-state index in [1.54, 1.807) is 12.1 Å². The number of anilines is 1. The summed E-state index contributed by atoms with van der Waals surface area (Å²) in [5.41, 5.74) is 4.21. The van der Waals surface area contributed by atoms with Gasteiger partial charge in [-0.05, 0) is 24.1 Å². The summed E-state index contributed by atoms with van der Waals surface area (Å²) in [6, 6.07) is 4.75. The predicted octanol–water partition coefficient (Wildman–Crippen LogP) is 0.399. The lowest BCUT2D eigenvalue weighted by molar-refractivity contribution is -0.146. The van der Waals surface area contributed by atoms with Crippen LogP contribution in [-0.4, -0.2) is 16.2 Å². The molecule has 0 radical (unpaired) electrons. The SMILES string of the molecule is Cc1ccc(C(O)C(=O)O)cc1NN. The molecule has 0 bridgehead atoms. The first kappa shape index (κ1) is 10.5. The second-order valence-corrected chi connectivity index (χ2v) is 2.96. The van der Waals surface area contributed by atoms with Crippen LogP contribution in [0.25, 0.3) is 0 Å². The first-order chi connectivity index (χ1) is 6.56. The Hall–Kier alpha value is -1.59. The van der Waals surface area contributed by atoms with Crippen LogP contribution in [0.5, 0.6) is 0 Å². The van der Waals surface area contributed by atoms with Gasteiger partial charge >= 0.3 is 5.97 Å². The van der Waals surface area contributed by atoms with Gasteiger partial charge in [0.1, 0.15) is 0 Å². The fourth-order valence-electron chi connectivity index (χ4n) is 1.11. The number of nitrogens with one attached hydrogen (secondary N) is 1. The Kier molecular flexibility index (Phi) is 3.06. The summed E-state index contributed by atoms with van der Waals surface area (Å²) >= 11 is 0. The van der Waals surface area contributed by atoms with Gasteiger partial charge in [-0.1, -0.05) is 12.1 Å². The molecule has 5 nitrogen and oxygen atoms in total. The molecule has 0 aliphatic carbocycles. The van der Waals surface area contributed by atoms with Crippen molar-refractivity contribution in [2.75, 3.05) is 5.43 Å². The highest BCUT2D eigenvalue weighted by Gasteiger charge is 2.16. The monoisotopic (exact) mass is 196 g/mol. The van der Waals surface area contributed by atoms with Crippen LogP contribution in [0.1, 0.15) is 17.2 Å². The van der Waals surface area contributed by atoms with Crippen molar-refractivity contribution >= 4 is 11.7 Å². The summed E-state index contributed by atoms with van der Waals surface area (Å²) in [5, 5.41) is 17.8. The summed E-state index contributed by atoms with van der Waals surface area (Å²) in [7, 11) is 0. The number of hydrazine groups is 1. The fraction of sp³-hybridized carbons (Fsp3) is 0.222. The fourth-order valence-corrected chi connectivity index (χ4v) is 1.11. The highest BCUT2D eigenvalue weighted by atomic mass is 16.4. The van der Waals surface area contributed by atoms with Gasteiger partial charge in [0, 0.05) is 0 Å². The largest absolute Gasteiger partial charge is 0.479 e. The molecule has 1 aromatic rings. The van der Waals surface area contributed by atoms with Crippen LogP contribution in [-0.2, 0) is 4.79 Å². The van der Waals surface area contributed by atoms with Gasteiger partial charge in [0.05, 0.1) is 5.69 Å². The number of aliphatic carboxylic acids is 1. The number of hydrogen-bond donors (Lipinski definition) is 4. The van der Waals surface area contributed by atoms with Gasteiger partial charge in [0.15, 0.2) is 6.10 Å². The number of hydrogen-bond acceptors (Lipinski definition) is 4. The first-order valence-corrected chi connectivity index (χ1v) is 4.04. The Balaban J connectivity index is 3.06. The van der Waals surface area contributed by atoms with E-state index in [9.17, 15) is 9.90 Å². The van der Waals surface area contributed by atoms with E-state index in [2.05, 4.69) is 5.43 Å². The molecular formula is C9H12N2O3. The third kappa shape index (κ3) is 2.01. The van der Waals surface area contributed by atoms with Gasteiger partial charge in [0.25, 0.3) is 0 Å². The van der Waals surface area contributed by atoms with Crippen LogP contribution in [0, 0.1) is 6.92 Å². The standard InChI is InChI=1S/C9H12N2O3/c1-5-2-3-6(4-7(5)11-10)8(12)9(13)14/h2-4,8,11-12H,10H2,1H3,(H,13,14). The number of carboxylic acid groups (broad SMARTS) is 1. The summed E-state index contributed by atoms with van der Waals surface area (Å²) in [4.78, 5) is 10.5. The van der Waals surface area contributed by atoms with E-state index < -0.39 is 12.1 Å². The number of nitrogens with two attached hydrogens (primary N) is 1. The highest BCUT2D eigenvalue weighted by molar-refractivity contribution is 5.74.